The third kappa shape index (κ3) is 7.00. The maximum absolute atomic E-state index is 11.9. The minimum atomic E-state index is -2.03. The highest BCUT2D eigenvalue weighted by atomic mass is 28.4. The van der Waals surface area contributed by atoms with Crippen LogP contribution in [-0.2, 0) is 14.0 Å². The fourth-order valence-corrected chi connectivity index (χ4v) is 3.16. The Kier molecular flexibility index (Phi) is 7.83. The number of nitrogens with zero attached hydrogens (tertiary/aromatic N) is 1. The average Bonchev–Trinajstić information content (AvgIpc) is 2.52. The zero-order valence-corrected chi connectivity index (χ0v) is 17.5. The van der Waals surface area contributed by atoms with E-state index in [0.29, 0.717) is 6.61 Å². The van der Waals surface area contributed by atoms with Gasteiger partial charge in [0.2, 0.25) is 0 Å². The number of ether oxygens (including phenoxy) is 2. The van der Waals surface area contributed by atoms with Gasteiger partial charge in [0.25, 0.3) is 0 Å². The number of hydrogen-bond donors (Lipinski definition) is 0. The molecule has 6 heteroatoms. The summed E-state index contributed by atoms with van der Waals surface area (Å²) < 4.78 is 16.6. The van der Waals surface area contributed by atoms with E-state index in [0.717, 1.165) is 11.4 Å². The molecule has 0 aliphatic carbocycles. The lowest BCUT2D eigenvalue weighted by atomic mass is 10.2. The molecule has 0 fully saturated rings. The summed E-state index contributed by atoms with van der Waals surface area (Å²) in [6.45, 7) is 13.0. The minimum absolute atomic E-state index is 0.0495. The molecule has 1 aromatic rings. The van der Waals surface area contributed by atoms with Gasteiger partial charge < -0.3 is 13.9 Å². The van der Waals surface area contributed by atoms with E-state index in [-0.39, 0.29) is 17.4 Å². The van der Waals surface area contributed by atoms with Crippen molar-refractivity contribution in [3.05, 3.63) is 24.3 Å². The molecule has 0 heterocycles. The number of carbonyl (C=O) groups is 1. The van der Waals surface area contributed by atoms with E-state index in [2.05, 4.69) is 38.9 Å². The van der Waals surface area contributed by atoms with Crippen molar-refractivity contribution in [3.8, 4) is 5.75 Å². The molecule has 0 amide bonds. The van der Waals surface area contributed by atoms with Gasteiger partial charge in [-0.2, -0.15) is 0 Å². The molecule has 1 rings (SSSR count). The first-order valence-electron chi connectivity index (χ1n) is 8.60. The van der Waals surface area contributed by atoms with E-state index in [9.17, 15) is 4.79 Å². The van der Waals surface area contributed by atoms with Crippen LogP contribution in [0.1, 0.15) is 34.1 Å². The SMILES string of the molecule is CCOC(=O)C[C@@H](C=Nc1ccc(OC)cc1)O[Si](C)(C)C(C)(C)C. The van der Waals surface area contributed by atoms with Gasteiger partial charge in [-0.3, -0.25) is 9.79 Å². The summed E-state index contributed by atoms with van der Waals surface area (Å²) in [4.78, 5) is 16.4. The van der Waals surface area contributed by atoms with Crippen molar-refractivity contribution in [2.75, 3.05) is 13.7 Å². The van der Waals surface area contributed by atoms with Gasteiger partial charge in [0, 0.05) is 6.21 Å². The Bertz CT molecular complexity index is 576. The number of aliphatic imine (C=N–C) groups is 1. The lowest BCUT2D eigenvalue weighted by Crippen LogP contribution is -2.45. The Hall–Kier alpha value is -1.66. The van der Waals surface area contributed by atoms with Gasteiger partial charge in [-0.1, -0.05) is 20.8 Å². The number of esters is 1. The fourth-order valence-electron chi connectivity index (χ4n) is 1.90. The number of rotatable bonds is 8. The normalized spacial score (nSPS) is 13.7. The van der Waals surface area contributed by atoms with Crippen molar-refractivity contribution in [3.63, 3.8) is 0 Å². The Morgan fingerprint density at radius 1 is 1.24 bits per heavy atom. The monoisotopic (exact) mass is 365 g/mol. The summed E-state index contributed by atoms with van der Waals surface area (Å²) in [6, 6.07) is 7.43. The standard InChI is InChI=1S/C19H31NO4Si/c1-8-23-18(21)13-17(24-25(6,7)19(2,3)4)14-20-15-9-11-16(22-5)12-10-15/h9-12,14,17H,8,13H2,1-7H3/t17-/m0/s1. The number of methoxy groups -OCH3 is 1. The molecule has 0 aliphatic heterocycles. The number of carbonyl (C=O) groups excluding carboxylic acids is 1. The molecular formula is C19H31NO4Si. The van der Waals surface area contributed by atoms with Crippen LogP contribution >= 0.6 is 0 Å². The van der Waals surface area contributed by atoms with Crippen molar-refractivity contribution in [1.29, 1.82) is 0 Å². The summed E-state index contributed by atoms with van der Waals surface area (Å²) in [7, 11) is -0.404. The number of benzene rings is 1. The molecule has 0 radical (unpaired) electrons. The van der Waals surface area contributed by atoms with E-state index in [1.807, 2.05) is 24.3 Å². The Balaban J connectivity index is 2.92. The lowest BCUT2D eigenvalue weighted by molar-refractivity contribution is -0.144. The summed E-state index contributed by atoms with van der Waals surface area (Å²) in [6.07, 6.45) is 1.47. The van der Waals surface area contributed by atoms with Gasteiger partial charge in [0.05, 0.1) is 31.9 Å². The molecular weight excluding hydrogens is 334 g/mol. The van der Waals surface area contributed by atoms with Crippen LogP contribution in [0.2, 0.25) is 18.1 Å². The van der Waals surface area contributed by atoms with Crippen molar-refractivity contribution < 1.29 is 18.7 Å². The van der Waals surface area contributed by atoms with Gasteiger partial charge in [0.15, 0.2) is 8.32 Å². The summed E-state index contributed by atoms with van der Waals surface area (Å²) in [5.41, 5.74) is 0.786. The van der Waals surface area contributed by atoms with Crippen LogP contribution in [0, 0.1) is 0 Å². The van der Waals surface area contributed by atoms with Gasteiger partial charge in [-0.05, 0) is 49.3 Å². The van der Waals surface area contributed by atoms with Crippen molar-refractivity contribution in [2.24, 2.45) is 4.99 Å². The third-order valence-corrected chi connectivity index (χ3v) is 8.89. The molecule has 25 heavy (non-hydrogen) atoms. The summed E-state index contributed by atoms with van der Waals surface area (Å²) >= 11 is 0. The maximum Gasteiger partial charge on any atom is 0.308 e. The second-order valence-electron chi connectivity index (χ2n) is 7.40. The van der Waals surface area contributed by atoms with E-state index in [4.69, 9.17) is 13.9 Å². The van der Waals surface area contributed by atoms with Gasteiger partial charge in [0.1, 0.15) is 5.75 Å². The molecule has 0 spiro atoms. The molecule has 0 aromatic heterocycles. The molecule has 5 nitrogen and oxygen atoms in total. The molecule has 0 N–H and O–H groups in total. The van der Waals surface area contributed by atoms with Crippen LogP contribution in [0.3, 0.4) is 0 Å². The zero-order valence-electron chi connectivity index (χ0n) is 16.5. The highest BCUT2D eigenvalue weighted by Gasteiger charge is 2.39. The molecule has 1 atom stereocenters. The molecule has 0 unspecified atom stereocenters. The van der Waals surface area contributed by atoms with E-state index >= 15 is 0 Å². The largest absolute Gasteiger partial charge is 0.497 e. The van der Waals surface area contributed by atoms with Crippen LogP contribution in [0.4, 0.5) is 5.69 Å². The van der Waals surface area contributed by atoms with Gasteiger partial charge in [-0.25, -0.2) is 0 Å². The van der Waals surface area contributed by atoms with Gasteiger partial charge in [-0.15, -0.1) is 0 Å². The van der Waals surface area contributed by atoms with E-state index < -0.39 is 14.4 Å². The average molecular weight is 366 g/mol. The first kappa shape index (κ1) is 21.4. The van der Waals surface area contributed by atoms with Crippen LogP contribution < -0.4 is 4.74 Å². The number of hydrogen-bond acceptors (Lipinski definition) is 5. The highest BCUT2D eigenvalue weighted by Crippen LogP contribution is 2.37. The first-order chi connectivity index (χ1) is 11.6. The minimum Gasteiger partial charge on any atom is -0.497 e. The molecule has 0 saturated carbocycles. The smallest absolute Gasteiger partial charge is 0.308 e. The predicted molar refractivity (Wildman–Crippen MR) is 104 cm³/mol. The summed E-state index contributed by atoms with van der Waals surface area (Å²) in [5.74, 6) is 0.506. The third-order valence-electron chi connectivity index (χ3n) is 4.39. The Morgan fingerprint density at radius 3 is 2.32 bits per heavy atom. The first-order valence-corrected chi connectivity index (χ1v) is 11.5. The van der Waals surface area contributed by atoms with Crippen LogP contribution in [-0.4, -0.2) is 40.3 Å². The summed E-state index contributed by atoms with van der Waals surface area (Å²) in [5, 5.41) is 0.0495. The second kappa shape index (κ2) is 9.15. The van der Waals surface area contributed by atoms with Gasteiger partial charge >= 0.3 is 5.97 Å². The fraction of sp³-hybridized carbons (Fsp3) is 0.579. The second-order valence-corrected chi connectivity index (χ2v) is 12.2. The Labute approximate surface area is 152 Å². The molecule has 0 aliphatic rings. The van der Waals surface area contributed by atoms with Crippen molar-refractivity contribution in [1.82, 2.24) is 0 Å². The van der Waals surface area contributed by atoms with Crippen molar-refractivity contribution >= 4 is 26.2 Å². The molecule has 1 aromatic carbocycles. The quantitative estimate of drug-likeness (QED) is 0.379. The lowest BCUT2D eigenvalue weighted by Gasteiger charge is -2.38. The predicted octanol–water partition coefficient (Wildman–Crippen LogP) is 4.74. The van der Waals surface area contributed by atoms with Crippen LogP contribution in [0.5, 0.6) is 5.75 Å². The highest BCUT2D eigenvalue weighted by molar-refractivity contribution is 6.74. The molecule has 0 saturated heterocycles. The van der Waals surface area contributed by atoms with Crippen LogP contribution in [0.15, 0.2) is 29.3 Å². The van der Waals surface area contributed by atoms with E-state index in [1.165, 1.54) is 0 Å². The molecule has 0 bridgehead atoms. The van der Waals surface area contributed by atoms with Crippen LogP contribution in [0.25, 0.3) is 0 Å². The maximum atomic E-state index is 11.9. The molecule has 140 valence electrons. The van der Waals surface area contributed by atoms with E-state index in [1.54, 1.807) is 20.2 Å². The van der Waals surface area contributed by atoms with Crippen molar-refractivity contribution in [2.45, 2.75) is 58.4 Å². The Morgan fingerprint density at radius 2 is 1.84 bits per heavy atom. The topological polar surface area (TPSA) is 57.1 Å². The zero-order chi connectivity index (χ0) is 19.1.